The first-order chi connectivity index (χ1) is 7.58. The monoisotopic (exact) mass is 240 g/mol. The molecule has 0 spiro atoms. The van der Waals surface area contributed by atoms with E-state index >= 15 is 0 Å². The molecule has 0 aliphatic heterocycles. The highest BCUT2D eigenvalue weighted by atomic mass is 32.1. The number of Topliss-reactive ketones (excluding diaryl/α,β-unsaturated/α-hetero) is 1. The van der Waals surface area contributed by atoms with Crippen LogP contribution in [0.2, 0.25) is 0 Å². The molecule has 1 saturated carbocycles. The van der Waals surface area contributed by atoms with Gasteiger partial charge in [0, 0.05) is 11.3 Å². The number of hydrogen-bond donors (Lipinski definition) is 1. The van der Waals surface area contributed by atoms with E-state index in [1.165, 1.54) is 32.1 Å². The summed E-state index contributed by atoms with van der Waals surface area (Å²) in [5.74, 6) is 2.32. The van der Waals surface area contributed by atoms with Crippen LogP contribution in [0.4, 0.5) is 0 Å². The topological polar surface area (TPSA) is 17.1 Å². The van der Waals surface area contributed by atoms with Crippen molar-refractivity contribution in [3.05, 3.63) is 11.5 Å². The van der Waals surface area contributed by atoms with Gasteiger partial charge in [-0.1, -0.05) is 39.7 Å². The third-order valence-electron chi connectivity index (χ3n) is 3.95. The van der Waals surface area contributed by atoms with Crippen LogP contribution in [0.5, 0.6) is 0 Å². The number of carbonyl (C=O) groups excluding carboxylic acids is 1. The van der Waals surface area contributed by atoms with Crippen molar-refractivity contribution in [3.8, 4) is 0 Å². The Hall–Kier alpha value is -0.240. The summed E-state index contributed by atoms with van der Waals surface area (Å²) in [6, 6.07) is 0. The smallest absolute Gasteiger partial charge is 0.168 e. The van der Waals surface area contributed by atoms with E-state index < -0.39 is 0 Å². The van der Waals surface area contributed by atoms with E-state index in [2.05, 4.69) is 33.1 Å². The molecule has 1 nitrogen and oxygen atoms in total. The van der Waals surface area contributed by atoms with E-state index in [1.807, 2.05) is 0 Å². The number of allylic oxidation sites excluding steroid dienone is 1. The third kappa shape index (κ3) is 3.65. The van der Waals surface area contributed by atoms with Gasteiger partial charge in [-0.25, -0.2) is 0 Å². The molecular weight excluding hydrogens is 216 g/mol. The third-order valence-corrected chi connectivity index (χ3v) is 4.19. The van der Waals surface area contributed by atoms with Crippen LogP contribution in [-0.4, -0.2) is 5.78 Å². The Morgan fingerprint density at radius 1 is 1.31 bits per heavy atom. The molecule has 1 fully saturated rings. The number of hydrogen-bond acceptors (Lipinski definition) is 2. The highest BCUT2D eigenvalue weighted by Crippen LogP contribution is 2.42. The Kier molecular flexibility index (Phi) is 5.60. The molecule has 0 saturated heterocycles. The Morgan fingerprint density at radius 3 is 2.44 bits per heavy atom. The van der Waals surface area contributed by atoms with Crippen molar-refractivity contribution < 1.29 is 4.79 Å². The van der Waals surface area contributed by atoms with Gasteiger partial charge in [-0.3, -0.25) is 4.79 Å². The van der Waals surface area contributed by atoms with Gasteiger partial charge >= 0.3 is 0 Å². The predicted octanol–water partition coefficient (Wildman–Crippen LogP) is 4.24. The van der Waals surface area contributed by atoms with Gasteiger partial charge in [0.1, 0.15) is 0 Å². The van der Waals surface area contributed by atoms with E-state index in [0.29, 0.717) is 17.2 Å². The molecule has 0 bridgehead atoms. The van der Waals surface area contributed by atoms with Crippen molar-refractivity contribution in [2.45, 2.75) is 52.4 Å². The average Bonchev–Trinajstić information content (AvgIpc) is 2.61. The summed E-state index contributed by atoms with van der Waals surface area (Å²) in [7, 11) is 0. The molecule has 0 heterocycles. The van der Waals surface area contributed by atoms with Crippen LogP contribution in [-0.2, 0) is 4.79 Å². The normalized spacial score (nSPS) is 29.3. The van der Waals surface area contributed by atoms with Gasteiger partial charge < -0.3 is 0 Å². The summed E-state index contributed by atoms with van der Waals surface area (Å²) < 4.78 is 0. The number of thiol groups is 1. The van der Waals surface area contributed by atoms with Gasteiger partial charge in [0.05, 0.1) is 0 Å². The maximum atomic E-state index is 11.7. The molecule has 3 unspecified atom stereocenters. The maximum Gasteiger partial charge on any atom is 0.168 e. The molecule has 0 aromatic carbocycles. The highest BCUT2D eigenvalue weighted by molar-refractivity contribution is 7.85. The first-order valence-electron chi connectivity index (χ1n) is 6.49. The summed E-state index contributed by atoms with van der Waals surface area (Å²) in [5, 5.41) is 0. The largest absolute Gasteiger partial charge is 0.294 e. The lowest BCUT2D eigenvalue weighted by Crippen LogP contribution is -2.13. The van der Waals surface area contributed by atoms with Crippen LogP contribution >= 0.6 is 12.6 Å². The molecule has 0 radical (unpaired) electrons. The van der Waals surface area contributed by atoms with Crippen molar-refractivity contribution in [1.82, 2.24) is 0 Å². The molecule has 0 amide bonds. The predicted molar refractivity (Wildman–Crippen MR) is 72.7 cm³/mol. The standard InChI is InChI=1S/C14H24OS/c1-4-6-12-7-11(5-2)8-13(12)9-14(15)10(3)16/h11-13,16H,3-9H2,1-2H3. The van der Waals surface area contributed by atoms with Gasteiger partial charge in [-0.2, -0.15) is 0 Å². The van der Waals surface area contributed by atoms with Crippen molar-refractivity contribution in [2.24, 2.45) is 17.8 Å². The summed E-state index contributed by atoms with van der Waals surface area (Å²) in [6.45, 7) is 8.11. The van der Waals surface area contributed by atoms with Crippen molar-refractivity contribution >= 4 is 18.4 Å². The molecule has 16 heavy (non-hydrogen) atoms. The zero-order valence-electron chi connectivity index (χ0n) is 10.5. The van der Waals surface area contributed by atoms with Gasteiger partial charge in [0.2, 0.25) is 0 Å². The van der Waals surface area contributed by atoms with E-state index in [-0.39, 0.29) is 5.78 Å². The summed E-state index contributed by atoms with van der Waals surface area (Å²) in [5.41, 5.74) is 0. The first-order valence-corrected chi connectivity index (χ1v) is 6.94. The Balaban J connectivity index is 2.55. The summed E-state index contributed by atoms with van der Waals surface area (Å²) >= 11 is 4.05. The molecule has 3 atom stereocenters. The van der Waals surface area contributed by atoms with Crippen LogP contribution < -0.4 is 0 Å². The molecule has 1 rings (SSSR count). The molecule has 0 N–H and O–H groups in total. The van der Waals surface area contributed by atoms with E-state index in [4.69, 9.17) is 0 Å². The fourth-order valence-corrected chi connectivity index (χ4v) is 3.09. The zero-order chi connectivity index (χ0) is 12.1. The van der Waals surface area contributed by atoms with Gasteiger partial charge in [-0.15, -0.1) is 12.6 Å². The quantitative estimate of drug-likeness (QED) is 0.543. The van der Waals surface area contributed by atoms with Crippen LogP contribution in [0.25, 0.3) is 0 Å². The lowest BCUT2D eigenvalue weighted by Gasteiger charge is -2.17. The van der Waals surface area contributed by atoms with Gasteiger partial charge in [0.15, 0.2) is 5.78 Å². The molecule has 1 aliphatic rings. The van der Waals surface area contributed by atoms with E-state index in [1.54, 1.807) is 0 Å². The summed E-state index contributed by atoms with van der Waals surface area (Å²) in [6.07, 6.45) is 6.98. The molecule has 1 aliphatic carbocycles. The highest BCUT2D eigenvalue weighted by Gasteiger charge is 2.33. The van der Waals surface area contributed by atoms with Gasteiger partial charge in [-0.05, 0) is 30.6 Å². The summed E-state index contributed by atoms with van der Waals surface area (Å²) in [4.78, 5) is 12.1. The Morgan fingerprint density at radius 2 is 1.94 bits per heavy atom. The lowest BCUT2D eigenvalue weighted by molar-refractivity contribution is -0.116. The fourth-order valence-electron chi connectivity index (χ4n) is 3.00. The number of rotatable bonds is 6. The van der Waals surface area contributed by atoms with Crippen LogP contribution in [0.15, 0.2) is 11.5 Å². The van der Waals surface area contributed by atoms with Gasteiger partial charge in [0.25, 0.3) is 0 Å². The van der Waals surface area contributed by atoms with Crippen LogP contribution in [0.1, 0.15) is 52.4 Å². The lowest BCUT2D eigenvalue weighted by atomic mass is 9.88. The number of carbonyl (C=O) groups is 1. The second-order valence-electron chi connectivity index (χ2n) is 5.13. The molecular formula is C14H24OS. The van der Waals surface area contributed by atoms with Crippen molar-refractivity contribution in [1.29, 1.82) is 0 Å². The van der Waals surface area contributed by atoms with Crippen LogP contribution in [0, 0.1) is 17.8 Å². The average molecular weight is 240 g/mol. The second kappa shape index (κ2) is 6.48. The van der Waals surface area contributed by atoms with Crippen molar-refractivity contribution in [2.75, 3.05) is 0 Å². The minimum absolute atomic E-state index is 0.145. The van der Waals surface area contributed by atoms with E-state index in [9.17, 15) is 4.79 Å². The molecule has 0 aromatic rings. The van der Waals surface area contributed by atoms with Crippen LogP contribution in [0.3, 0.4) is 0 Å². The molecule has 0 aromatic heterocycles. The number of ketones is 1. The first kappa shape index (κ1) is 13.8. The van der Waals surface area contributed by atoms with E-state index in [0.717, 1.165) is 11.8 Å². The SMILES string of the molecule is C=C(S)C(=O)CC1CC(CC)CC1CCC. The Bertz CT molecular complexity index is 259. The minimum Gasteiger partial charge on any atom is -0.294 e. The minimum atomic E-state index is 0.145. The second-order valence-corrected chi connectivity index (χ2v) is 5.67. The molecule has 2 heteroatoms. The fraction of sp³-hybridized carbons (Fsp3) is 0.786. The van der Waals surface area contributed by atoms with Crippen molar-refractivity contribution in [3.63, 3.8) is 0 Å². The molecule has 92 valence electrons. The zero-order valence-corrected chi connectivity index (χ0v) is 11.4. The Labute approximate surface area is 105 Å². The maximum absolute atomic E-state index is 11.7.